The van der Waals surface area contributed by atoms with Crippen LogP contribution < -0.4 is 0 Å². The van der Waals surface area contributed by atoms with Crippen molar-refractivity contribution < 1.29 is 10.2 Å². The zero-order valence-electron chi connectivity index (χ0n) is 14.2. The summed E-state index contributed by atoms with van der Waals surface area (Å²) in [5, 5.41) is 19.2. The molecule has 2 aromatic rings. The van der Waals surface area contributed by atoms with Crippen LogP contribution in [0.4, 0.5) is 0 Å². The van der Waals surface area contributed by atoms with E-state index in [0.717, 1.165) is 18.8 Å². The van der Waals surface area contributed by atoms with Gasteiger partial charge in [-0.25, -0.2) is 0 Å². The molecule has 0 saturated heterocycles. The Hall–Kier alpha value is -1.96. The van der Waals surface area contributed by atoms with E-state index >= 15 is 0 Å². The summed E-state index contributed by atoms with van der Waals surface area (Å²) >= 11 is 0. The Morgan fingerprint density at radius 1 is 0.826 bits per heavy atom. The second-order valence-corrected chi connectivity index (χ2v) is 8.21. The van der Waals surface area contributed by atoms with Gasteiger partial charge >= 0.3 is 0 Å². The van der Waals surface area contributed by atoms with Crippen molar-refractivity contribution in [1.29, 1.82) is 0 Å². The van der Waals surface area contributed by atoms with Crippen LogP contribution in [0.5, 0.6) is 11.5 Å². The van der Waals surface area contributed by atoms with E-state index in [1.54, 1.807) is 24.3 Å². The molecule has 0 spiro atoms. The Morgan fingerprint density at radius 3 is 1.57 bits per heavy atom. The SMILES string of the molecule is CC(C)(C)CC1CC(c2ccc(O)cc2)(c2ccc(O)cc2)C1. The monoisotopic (exact) mass is 310 g/mol. The molecule has 122 valence electrons. The highest BCUT2D eigenvalue weighted by Crippen LogP contribution is 2.55. The van der Waals surface area contributed by atoms with E-state index in [1.807, 2.05) is 24.3 Å². The van der Waals surface area contributed by atoms with Gasteiger partial charge in [0.2, 0.25) is 0 Å². The first kappa shape index (κ1) is 15.9. The van der Waals surface area contributed by atoms with Crippen molar-refractivity contribution in [1.82, 2.24) is 0 Å². The van der Waals surface area contributed by atoms with Crippen molar-refractivity contribution in [3.8, 4) is 11.5 Å². The minimum Gasteiger partial charge on any atom is -0.508 e. The van der Waals surface area contributed by atoms with Crippen molar-refractivity contribution in [2.24, 2.45) is 11.3 Å². The van der Waals surface area contributed by atoms with Crippen LogP contribution in [-0.2, 0) is 5.41 Å². The van der Waals surface area contributed by atoms with Gasteiger partial charge in [-0.2, -0.15) is 0 Å². The number of aromatic hydroxyl groups is 2. The number of phenolic OH excluding ortho intramolecular Hbond substituents is 2. The normalized spacial score (nSPS) is 17.7. The largest absolute Gasteiger partial charge is 0.508 e. The number of hydrogen-bond acceptors (Lipinski definition) is 2. The Balaban J connectivity index is 1.92. The standard InChI is InChI=1S/C21H26O2/c1-20(2,3)12-15-13-21(14-15,16-4-8-18(22)9-5-16)17-6-10-19(23)11-7-17/h4-11,15,22-23H,12-14H2,1-3H3. The molecule has 1 saturated carbocycles. The average Bonchev–Trinajstić information content (AvgIpc) is 2.43. The topological polar surface area (TPSA) is 40.5 Å². The van der Waals surface area contributed by atoms with E-state index in [1.165, 1.54) is 17.5 Å². The van der Waals surface area contributed by atoms with Gasteiger partial charge in [0.15, 0.2) is 0 Å². The molecule has 1 aliphatic rings. The zero-order chi connectivity index (χ0) is 16.7. The molecule has 1 fully saturated rings. The fraction of sp³-hybridized carbons (Fsp3) is 0.429. The second kappa shape index (κ2) is 5.59. The van der Waals surface area contributed by atoms with Gasteiger partial charge in [0.25, 0.3) is 0 Å². The van der Waals surface area contributed by atoms with Gasteiger partial charge in [0.1, 0.15) is 11.5 Å². The molecule has 2 heteroatoms. The molecule has 0 aromatic heterocycles. The third-order valence-corrected chi connectivity index (χ3v) is 5.02. The molecule has 0 unspecified atom stereocenters. The molecular weight excluding hydrogens is 284 g/mol. The van der Waals surface area contributed by atoms with Gasteiger partial charge in [-0.15, -0.1) is 0 Å². The molecule has 0 bridgehead atoms. The van der Waals surface area contributed by atoms with Gasteiger partial charge in [0, 0.05) is 5.41 Å². The van der Waals surface area contributed by atoms with Gasteiger partial charge in [-0.3, -0.25) is 0 Å². The quantitative estimate of drug-likeness (QED) is 0.815. The molecule has 0 atom stereocenters. The lowest BCUT2D eigenvalue weighted by Gasteiger charge is -2.50. The first-order valence-electron chi connectivity index (χ1n) is 8.38. The number of benzene rings is 2. The minimum atomic E-state index is 0.0112. The van der Waals surface area contributed by atoms with Crippen molar-refractivity contribution in [3.63, 3.8) is 0 Å². The summed E-state index contributed by atoms with van der Waals surface area (Å²) < 4.78 is 0. The molecule has 2 nitrogen and oxygen atoms in total. The van der Waals surface area contributed by atoms with E-state index in [2.05, 4.69) is 20.8 Å². The van der Waals surface area contributed by atoms with E-state index in [0.29, 0.717) is 16.9 Å². The molecule has 2 aromatic carbocycles. The maximum atomic E-state index is 9.59. The lowest BCUT2D eigenvalue weighted by atomic mass is 9.53. The fourth-order valence-electron chi connectivity index (χ4n) is 4.14. The van der Waals surface area contributed by atoms with Crippen LogP contribution >= 0.6 is 0 Å². The summed E-state index contributed by atoms with van der Waals surface area (Å²) in [7, 11) is 0. The molecule has 0 heterocycles. The molecule has 0 radical (unpaired) electrons. The summed E-state index contributed by atoms with van der Waals surface area (Å²) in [6.07, 6.45) is 3.48. The summed E-state index contributed by atoms with van der Waals surface area (Å²) in [5.74, 6) is 1.33. The number of rotatable bonds is 3. The predicted molar refractivity (Wildman–Crippen MR) is 93.8 cm³/mol. The van der Waals surface area contributed by atoms with Crippen LogP contribution in [0.1, 0.15) is 51.2 Å². The Morgan fingerprint density at radius 2 is 1.22 bits per heavy atom. The summed E-state index contributed by atoms with van der Waals surface area (Å²) in [6, 6.07) is 15.2. The molecule has 2 N–H and O–H groups in total. The van der Waals surface area contributed by atoms with E-state index in [9.17, 15) is 10.2 Å². The smallest absolute Gasteiger partial charge is 0.115 e. The molecule has 3 rings (SSSR count). The summed E-state index contributed by atoms with van der Waals surface area (Å²) in [4.78, 5) is 0. The predicted octanol–water partition coefficient (Wildman–Crippen LogP) is 5.23. The summed E-state index contributed by atoms with van der Waals surface area (Å²) in [5.41, 5.74) is 2.87. The lowest BCUT2D eigenvalue weighted by molar-refractivity contribution is 0.127. The van der Waals surface area contributed by atoms with Crippen LogP contribution in [-0.4, -0.2) is 10.2 Å². The first-order valence-corrected chi connectivity index (χ1v) is 8.38. The third-order valence-electron chi connectivity index (χ3n) is 5.02. The van der Waals surface area contributed by atoms with E-state index in [4.69, 9.17) is 0 Å². The Kier molecular flexibility index (Phi) is 3.87. The first-order chi connectivity index (χ1) is 10.8. The van der Waals surface area contributed by atoms with Crippen LogP contribution in [0, 0.1) is 11.3 Å². The van der Waals surface area contributed by atoms with Crippen molar-refractivity contribution in [2.45, 2.75) is 45.4 Å². The van der Waals surface area contributed by atoms with Crippen LogP contribution in [0.2, 0.25) is 0 Å². The van der Waals surface area contributed by atoms with Crippen molar-refractivity contribution >= 4 is 0 Å². The lowest BCUT2D eigenvalue weighted by Crippen LogP contribution is -2.43. The number of hydrogen-bond donors (Lipinski definition) is 2. The Labute approximate surface area is 138 Å². The molecule has 0 amide bonds. The molecule has 0 aliphatic heterocycles. The highest BCUT2D eigenvalue weighted by molar-refractivity contribution is 5.45. The minimum absolute atomic E-state index is 0.0112. The van der Waals surface area contributed by atoms with Gasteiger partial charge < -0.3 is 10.2 Å². The number of phenols is 2. The third kappa shape index (κ3) is 3.21. The van der Waals surface area contributed by atoms with Gasteiger partial charge in [-0.1, -0.05) is 45.0 Å². The molecular formula is C21H26O2. The van der Waals surface area contributed by atoms with Crippen molar-refractivity contribution in [2.75, 3.05) is 0 Å². The maximum absolute atomic E-state index is 9.59. The van der Waals surface area contributed by atoms with Gasteiger partial charge in [0.05, 0.1) is 0 Å². The van der Waals surface area contributed by atoms with E-state index < -0.39 is 0 Å². The van der Waals surface area contributed by atoms with E-state index in [-0.39, 0.29) is 5.41 Å². The Bertz CT molecular complexity index is 609. The van der Waals surface area contributed by atoms with Crippen molar-refractivity contribution in [3.05, 3.63) is 59.7 Å². The highest BCUT2D eigenvalue weighted by atomic mass is 16.3. The van der Waals surface area contributed by atoms with Gasteiger partial charge in [-0.05, 0) is 66.0 Å². The highest BCUT2D eigenvalue weighted by Gasteiger charge is 2.47. The van der Waals surface area contributed by atoms with Crippen LogP contribution in [0.25, 0.3) is 0 Å². The average molecular weight is 310 g/mol. The molecule has 1 aliphatic carbocycles. The maximum Gasteiger partial charge on any atom is 0.115 e. The summed E-state index contributed by atoms with van der Waals surface area (Å²) in [6.45, 7) is 6.90. The second-order valence-electron chi connectivity index (χ2n) is 8.21. The van der Waals surface area contributed by atoms with Crippen LogP contribution in [0.15, 0.2) is 48.5 Å². The fourth-order valence-corrected chi connectivity index (χ4v) is 4.14. The van der Waals surface area contributed by atoms with Crippen LogP contribution in [0.3, 0.4) is 0 Å². The molecule has 23 heavy (non-hydrogen) atoms. The zero-order valence-corrected chi connectivity index (χ0v) is 14.2.